The topological polar surface area (TPSA) is 105 Å². The molecule has 5 N–H and O–H groups in total. The standard InChI is InChI=1S/C7H12N6/c1-2-6(12-13-7(8)9)5-3-10-11-4-5/h3-4H,2H2,1H3,(H,10,11)(H4,8,9,13)/b12-6+. The number of guanidine groups is 1. The first-order chi connectivity index (χ1) is 6.24. The number of rotatable bonds is 3. The van der Waals surface area contributed by atoms with Gasteiger partial charge in [-0.1, -0.05) is 6.92 Å². The molecule has 0 aliphatic carbocycles. The average Bonchev–Trinajstić information content (AvgIpc) is 2.58. The molecule has 0 atom stereocenters. The number of hydrogen-bond donors (Lipinski definition) is 3. The Morgan fingerprint density at radius 2 is 2.31 bits per heavy atom. The van der Waals surface area contributed by atoms with E-state index in [2.05, 4.69) is 20.4 Å². The second-order valence-electron chi connectivity index (χ2n) is 2.41. The third kappa shape index (κ3) is 2.58. The molecule has 6 heteroatoms. The number of hydrogen-bond acceptors (Lipinski definition) is 3. The monoisotopic (exact) mass is 180 g/mol. The quantitative estimate of drug-likeness (QED) is 0.340. The summed E-state index contributed by atoms with van der Waals surface area (Å²) in [5, 5.41) is 13.9. The van der Waals surface area contributed by atoms with Crippen molar-refractivity contribution in [3.63, 3.8) is 0 Å². The Hall–Kier alpha value is -1.85. The first kappa shape index (κ1) is 9.24. The number of aromatic nitrogens is 2. The third-order valence-corrected chi connectivity index (χ3v) is 1.45. The molecule has 0 aromatic carbocycles. The van der Waals surface area contributed by atoms with Crippen molar-refractivity contribution in [3.05, 3.63) is 18.0 Å². The van der Waals surface area contributed by atoms with E-state index in [0.29, 0.717) is 0 Å². The molecule has 13 heavy (non-hydrogen) atoms. The minimum Gasteiger partial charge on any atom is -0.369 e. The molecule has 0 bridgehead atoms. The zero-order valence-electron chi connectivity index (χ0n) is 7.36. The van der Waals surface area contributed by atoms with E-state index in [1.165, 1.54) is 0 Å². The van der Waals surface area contributed by atoms with Gasteiger partial charge in [-0.15, -0.1) is 5.10 Å². The van der Waals surface area contributed by atoms with E-state index < -0.39 is 0 Å². The highest BCUT2D eigenvalue weighted by atomic mass is 15.3. The molecule has 1 heterocycles. The van der Waals surface area contributed by atoms with E-state index in [0.717, 1.165) is 17.7 Å². The lowest BCUT2D eigenvalue weighted by atomic mass is 10.2. The predicted molar refractivity (Wildman–Crippen MR) is 51.2 cm³/mol. The highest BCUT2D eigenvalue weighted by molar-refractivity contribution is 6.00. The normalized spacial score (nSPS) is 11.3. The lowest BCUT2D eigenvalue weighted by molar-refractivity contribution is 1.09. The SMILES string of the molecule is CC/C(=N\N=C(N)N)c1cn[nH]c1. The van der Waals surface area contributed by atoms with Gasteiger partial charge in [-0.3, -0.25) is 5.10 Å². The third-order valence-electron chi connectivity index (χ3n) is 1.45. The van der Waals surface area contributed by atoms with E-state index in [1.807, 2.05) is 6.92 Å². The van der Waals surface area contributed by atoms with E-state index in [9.17, 15) is 0 Å². The van der Waals surface area contributed by atoms with Gasteiger partial charge >= 0.3 is 0 Å². The fourth-order valence-electron chi connectivity index (χ4n) is 0.859. The van der Waals surface area contributed by atoms with Gasteiger partial charge in [-0.2, -0.15) is 10.2 Å². The second kappa shape index (κ2) is 4.24. The van der Waals surface area contributed by atoms with E-state index in [4.69, 9.17) is 11.5 Å². The molecule has 1 rings (SSSR count). The molecule has 0 radical (unpaired) electrons. The van der Waals surface area contributed by atoms with Gasteiger partial charge in [-0.05, 0) is 6.42 Å². The minimum absolute atomic E-state index is 0.0468. The molecule has 0 spiro atoms. The van der Waals surface area contributed by atoms with Crippen molar-refractivity contribution < 1.29 is 0 Å². The Morgan fingerprint density at radius 3 is 2.77 bits per heavy atom. The summed E-state index contributed by atoms with van der Waals surface area (Å²) in [5.74, 6) is -0.0468. The van der Waals surface area contributed by atoms with Gasteiger partial charge in [0.1, 0.15) is 0 Å². The molecule has 70 valence electrons. The van der Waals surface area contributed by atoms with Gasteiger partial charge in [0.25, 0.3) is 0 Å². The maximum atomic E-state index is 5.15. The van der Waals surface area contributed by atoms with E-state index >= 15 is 0 Å². The molecule has 0 aliphatic rings. The van der Waals surface area contributed by atoms with E-state index in [1.54, 1.807) is 12.4 Å². The van der Waals surface area contributed by atoms with Crippen molar-refractivity contribution in [2.75, 3.05) is 0 Å². The van der Waals surface area contributed by atoms with Crippen LogP contribution >= 0.6 is 0 Å². The number of nitrogens with two attached hydrogens (primary N) is 2. The highest BCUT2D eigenvalue weighted by Gasteiger charge is 2.00. The number of H-pyrrole nitrogens is 1. The zero-order valence-corrected chi connectivity index (χ0v) is 7.36. The Morgan fingerprint density at radius 1 is 1.54 bits per heavy atom. The Labute approximate surface area is 75.7 Å². The van der Waals surface area contributed by atoms with Crippen molar-refractivity contribution >= 4 is 11.7 Å². The highest BCUT2D eigenvalue weighted by Crippen LogP contribution is 2.01. The Balaban J connectivity index is 2.86. The molecular weight excluding hydrogens is 168 g/mol. The van der Waals surface area contributed by atoms with Crippen molar-refractivity contribution in [3.8, 4) is 0 Å². The van der Waals surface area contributed by atoms with Gasteiger partial charge in [0.05, 0.1) is 11.9 Å². The molecule has 0 saturated heterocycles. The molecule has 1 aromatic rings. The molecular formula is C7H12N6. The van der Waals surface area contributed by atoms with Crippen LogP contribution in [0.25, 0.3) is 0 Å². The molecule has 0 fully saturated rings. The van der Waals surface area contributed by atoms with Gasteiger partial charge in [0.2, 0.25) is 5.96 Å². The Bertz CT molecular complexity index is 306. The van der Waals surface area contributed by atoms with Crippen LogP contribution in [0.2, 0.25) is 0 Å². The molecule has 0 aliphatic heterocycles. The summed E-state index contributed by atoms with van der Waals surface area (Å²) in [7, 11) is 0. The number of aromatic amines is 1. The summed E-state index contributed by atoms with van der Waals surface area (Å²) in [6.07, 6.45) is 4.16. The fraction of sp³-hybridized carbons (Fsp3) is 0.286. The van der Waals surface area contributed by atoms with Crippen molar-refractivity contribution in [1.29, 1.82) is 0 Å². The summed E-state index contributed by atoms with van der Waals surface area (Å²) in [6, 6.07) is 0. The predicted octanol–water partition coefficient (Wildman–Crippen LogP) is -0.203. The molecule has 6 nitrogen and oxygen atoms in total. The largest absolute Gasteiger partial charge is 0.369 e. The first-order valence-electron chi connectivity index (χ1n) is 3.88. The van der Waals surface area contributed by atoms with Crippen LogP contribution in [0.1, 0.15) is 18.9 Å². The van der Waals surface area contributed by atoms with Crippen molar-refractivity contribution in [2.24, 2.45) is 21.7 Å². The summed E-state index contributed by atoms with van der Waals surface area (Å²) in [6.45, 7) is 1.97. The van der Waals surface area contributed by atoms with Crippen LogP contribution in [0.15, 0.2) is 22.6 Å². The first-order valence-corrected chi connectivity index (χ1v) is 3.88. The van der Waals surface area contributed by atoms with Crippen molar-refractivity contribution in [2.45, 2.75) is 13.3 Å². The van der Waals surface area contributed by atoms with Crippen LogP contribution in [-0.2, 0) is 0 Å². The number of nitrogens with zero attached hydrogens (tertiary/aromatic N) is 3. The average molecular weight is 180 g/mol. The van der Waals surface area contributed by atoms with Gasteiger partial charge < -0.3 is 11.5 Å². The zero-order chi connectivity index (χ0) is 9.68. The van der Waals surface area contributed by atoms with Crippen LogP contribution in [0, 0.1) is 0 Å². The summed E-state index contributed by atoms with van der Waals surface area (Å²) < 4.78 is 0. The minimum atomic E-state index is -0.0468. The van der Waals surface area contributed by atoms with Crippen LogP contribution < -0.4 is 11.5 Å². The summed E-state index contributed by atoms with van der Waals surface area (Å²) in [4.78, 5) is 0. The summed E-state index contributed by atoms with van der Waals surface area (Å²) >= 11 is 0. The van der Waals surface area contributed by atoms with Crippen LogP contribution in [0.5, 0.6) is 0 Å². The maximum absolute atomic E-state index is 5.15. The smallest absolute Gasteiger partial charge is 0.211 e. The van der Waals surface area contributed by atoms with E-state index in [-0.39, 0.29) is 5.96 Å². The van der Waals surface area contributed by atoms with Crippen LogP contribution in [-0.4, -0.2) is 21.9 Å². The van der Waals surface area contributed by atoms with Gasteiger partial charge in [0.15, 0.2) is 0 Å². The van der Waals surface area contributed by atoms with Crippen LogP contribution in [0.3, 0.4) is 0 Å². The second-order valence-corrected chi connectivity index (χ2v) is 2.41. The lowest BCUT2D eigenvalue weighted by Gasteiger charge is -1.95. The maximum Gasteiger partial charge on any atom is 0.211 e. The lowest BCUT2D eigenvalue weighted by Crippen LogP contribution is -2.22. The number of nitrogens with one attached hydrogen (secondary N) is 1. The fourth-order valence-corrected chi connectivity index (χ4v) is 0.859. The van der Waals surface area contributed by atoms with Crippen LogP contribution in [0.4, 0.5) is 0 Å². The van der Waals surface area contributed by atoms with Crippen molar-refractivity contribution in [1.82, 2.24) is 10.2 Å². The van der Waals surface area contributed by atoms with Gasteiger partial charge in [0, 0.05) is 11.8 Å². The van der Waals surface area contributed by atoms with Gasteiger partial charge in [-0.25, -0.2) is 0 Å². The molecule has 0 unspecified atom stereocenters. The molecule has 0 amide bonds. The Kier molecular flexibility index (Phi) is 3.02. The molecule has 0 saturated carbocycles. The summed E-state index contributed by atoms with van der Waals surface area (Å²) in [5.41, 5.74) is 12.0. The molecule has 1 aromatic heterocycles.